The molecule has 1 unspecified atom stereocenters. The van der Waals surface area contributed by atoms with Crippen molar-refractivity contribution in [1.82, 2.24) is 40.4 Å². The molecule has 0 bridgehead atoms. The number of methoxy groups -OCH3 is 1. The van der Waals surface area contributed by atoms with Gasteiger partial charge in [-0.1, -0.05) is 28.9 Å². The number of hydrogen-bond acceptors (Lipinski definition) is 10. The molecule has 6 rings (SSSR count). The molecule has 222 valence electrons. The number of rotatable bonds is 10. The fourth-order valence-corrected chi connectivity index (χ4v) is 5.28. The van der Waals surface area contributed by atoms with Gasteiger partial charge in [0, 0.05) is 43.7 Å². The Morgan fingerprint density at radius 1 is 1.09 bits per heavy atom. The van der Waals surface area contributed by atoms with E-state index >= 15 is 0 Å². The Kier molecular flexibility index (Phi) is 7.91. The molecule has 2 atom stereocenters. The van der Waals surface area contributed by atoms with Gasteiger partial charge in [0.25, 0.3) is 5.91 Å². The van der Waals surface area contributed by atoms with Gasteiger partial charge < -0.3 is 20.7 Å². The van der Waals surface area contributed by atoms with E-state index < -0.39 is 5.91 Å². The first-order valence-electron chi connectivity index (χ1n) is 14.0. The molecule has 2 aliphatic rings. The van der Waals surface area contributed by atoms with E-state index in [1.54, 1.807) is 19.2 Å². The number of amides is 2. The Hall–Kier alpha value is -4.62. The maximum Gasteiger partial charge on any atom is 0.273 e. The number of carbonyl (C=O) groups excluding carboxylic acids is 2. The summed E-state index contributed by atoms with van der Waals surface area (Å²) in [4.78, 5) is 31.6. The highest BCUT2D eigenvalue weighted by Crippen LogP contribution is 2.39. The SMILES string of the molecule is CNC(=O)c1nnc(NC(=O)C2CC2)cc1Nc1cccc(-c2cn(C3CN(Cc4cccc(Cl)n4)[C@H]3C)nn2)c1OC. The van der Waals surface area contributed by atoms with Gasteiger partial charge in [-0.25, -0.2) is 9.67 Å². The van der Waals surface area contributed by atoms with Crippen LogP contribution < -0.4 is 20.7 Å². The van der Waals surface area contributed by atoms with E-state index in [1.807, 2.05) is 41.2 Å². The van der Waals surface area contributed by atoms with Crippen LogP contribution in [-0.4, -0.2) is 73.6 Å². The molecule has 3 N–H and O–H groups in total. The summed E-state index contributed by atoms with van der Waals surface area (Å²) in [7, 11) is 3.08. The average Bonchev–Trinajstić information content (AvgIpc) is 3.76. The first-order valence-corrected chi connectivity index (χ1v) is 14.3. The number of carbonyl (C=O) groups is 2. The summed E-state index contributed by atoms with van der Waals surface area (Å²) in [5, 5.41) is 26.1. The van der Waals surface area contributed by atoms with Crippen LogP contribution in [0.25, 0.3) is 11.3 Å². The predicted octanol–water partition coefficient (Wildman–Crippen LogP) is 3.69. The molecule has 2 fully saturated rings. The average molecular weight is 603 g/mol. The molecule has 1 saturated heterocycles. The van der Waals surface area contributed by atoms with Crippen molar-refractivity contribution in [2.75, 3.05) is 31.3 Å². The Morgan fingerprint density at radius 2 is 1.91 bits per heavy atom. The Bertz CT molecular complexity index is 1670. The normalized spacial score (nSPS) is 18.0. The van der Waals surface area contributed by atoms with Gasteiger partial charge in [0.1, 0.15) is 10.8 Å². The topological polar surface area (TPSA) is 152 Å². The lowest BCUT2D eigenvalue weighted by atomic mass is 9.98. The minimum atomic E-state index is -0.428. The van der Waals surface area contributed by atoms with E-state index in [-0.39, 0.29) is 35.4 Å². The zero-order valence-electron chi connectivity index (χ0n) is 23.9. The van der Waals surface area contributed by atoms with Crippen LogP contribution in [0.3, 0.4) is 0 Å². The highest BCUT2D eigenvalue weighted by molar-refractivity contribution is 6.29. The highest BCUT2D eigenvalue weighted by atomic mass is 35.5. The highest BCUT2D eigenvalue weighted by Gasteiger charge is 2.38. The number of aromatic nitrogens is 6. The van der Waals surface area contributed by atoms with Crippen LogP contribution in [0.2, 0.25) is 5.15 Å². The van der Waals surface area contributed by atoms with Crippen molar-refractivity contribution in [3.05, 3.63) is 65.2 Å². The minimum Gasteiger partial charge on any atom is -0.494 e. The monoisotopic (exact) mass is 602 g/mol. The molecule has 1 aromatic carbocycles. The standard InChI is InChI=1S/C29H31ClN10O3/c1-16-23(15-39(16)13-18-6-4-9-24(30)32-18)40-14-22(35-38-40)19-7-5-8-20(27(19)43-3)33-21-12-25(34-28(41)17-10-11-17)36-37-26(21)29(42)31-2/h4-9,12,14,16-17,23H,10-11,13,15H2,1-3H3,(H,31,42)(H2,33,34,36,41)/t16-,23?/m0/s1. The van der Waals surface area contributed by atoms with Gasteiger partial charge in [-0.2, -0.15) is 0 Å². The molecule has 2 amide bonds. The second-order valence-corrected chi connectivity index (χ2v) is 11.0. The molecule has 1 aliphatic carbocycles. The molecule has 43 heavy (non-hydrogen) atoms. The van der Waals surface area contributed by atoms with Crippen LogP contribution in [-0.2, 0) is 11.3 Å². The lowest BCUT2D eigenvalue weighted by Crippen LogP contribution is -2.54. The number of halogens is 1. The van der Waals surface area contributed by atoms with Crippen LogP contribution in [0.1, 0.15) is 42.0 Å². The molecule has 4 heterocycles. The molecule has 1 saturated carbocycles. The first kappa shape index (κ1) is 28.5. The van der Waals surface area contributed by atoms with E-state index in [9.17, 15) is 9.59 Å². The number of anilines is 3. The summed E-state index contributed by atoms with van der Waals surface area (Å²) >= 11 is 6.05. The largest absolute Gasteiger partial charge is 0.494 e. The summed E-state index contributed by atoms with van der Waals surface area (Å²) in [5.41, 5.74) is 3.28. The van der Waals surface area contributed by atoms with Gasteiger partial charge in [0.15, 0.2) is 17.3 Å². The number of ether oxygens (including phenoxy) is 1. The Morgan fingerprint density at radius 3 is 2.63 bits per heavy atom. The maximum absolute atomic E-state index is 12.6. The van der Waals surface area contributed by atoms with Crippen LogP contribution in [0.4, 0.5) is 17.2 Å². The minimum absolute atomic E-state index is 0.00650. The maximum atomic E-state index is 12.6. The number of nitrogens with one attached hydrogen (secondary N) is 3. The van der Waals surface area contributed by atoms with Crippen LogP contribution in [0.15, 0.2) is 48.7 Å². The summed E-state index contributed by atoms with van der Waals surface area (Å²) in [6.45, 7) is 3.66. The van der Waals surface area contributed by atoms with Crippen molar-refractivity contribution in [2.45, 2.75) is 38.4 Å². The number of benzene rings is 1. The lowest BCUT2D eigenvalue weighted by molar-refractivity contribution is -0.117. The number of likely N-dealkylation sites (tertiary alicyclic amines) is 1. The molecule has 3 aromatic heterocycles. The van der Waals surface area contributed by atoms with E-state index in [1.165, 1.54) is 7.05 Å². The smallest absolute Gasteiger partial charge is 0.273 e. The van der Waals surface area contributed by atoms with Crippen molar-refractivity contribution in [3.63, 3.8) is 0 Å². The molecular weight excluding hydrogens is 572 g/mol. The third-order valence-corrected chi connectivity index (χ3v) is 7.95. The van der Waals surface area contributed by atoms with Gasteiger partial charge in [-0.05, 0) is 44.0 Å². The van der Waals surface area contributed by atoms with Gasteiger partial charge in [0.05, 0.1) is 36.4 Å². The molecule has 14 heteroatoms. The van der Waals surface area contributed by atoms with E-state index in [0.717, 1.165) is 30.6 Å². The predicted molar refractivity (Wildman–Crippen MR) is 160 cm³/mol. The van der Waals surface area contributed by atoms with E-state index in [0.29, 0.717) is 34.5 Å². The van der Waals surface area contributed by atoms with Crippen molar-refractivity contribution in [3.8, 4) is 17.0 Å². The number of hydrogen-bond donors (Lipinski definition) is 3. The zero-order valence-corrected chi connectivity index (χ0v) is 24.7. The van der Waals surface area contributed by atoms with Crippen molar-refractivity contribution >= 4 is 40.6 Å². The van der Waals surface area contributed by atoms with Gasteiger partial charge in [-0.15, -0.1) is 15.3 Å². The number of nitrogens with zero attached hydrogens (tertiary/aromatic N) is 7. The van der Waals surface area contributed by atoms with Gasteiger partial charge >= 0.3 is 0 Å². The van der Waals surface area contributed by atoms with Crippen LogP contribution >= 0.6 is 11.6 Å². The number of para-hydroxylation sites is 1. The molecule has 0 spiro atoms. The molecule has 4 aromatic rings. The van der Waals surface area contributed by atoms with E-state index in [4.69, 9.17) is 16.3 Å². The molecular formula is C29H31ClN10O3. The Labute approximate surface area is 253 Å². The summed E-state index contributed by atoms with van der Waals surface area (Å²) in [5.74, 6) is 0.213. The molecule has 1 aliphatic heterocycles. The second kappa shape index (κ2) is 11.9. The zero-order chi connectivity index (χ0) is 30.1. The van der Waals surface area contributed by atoms with Crippen LogP contribution in [0.5, 0.6) is 5.75 Å². The van der Waals surface area contributed by atoms with Crippen molar-refractivity contribution < 1.29 is 14.3 Å². The van der Waals surface area contributed by atoms with Crippen molar-refractivity contribution in [1.29, 1.82) is 0 Å². The third-order valence-electron chi connectivity index (χ3n) is 7.74. The van der Waals surface area contributed by atoms with E-state index in [2.05, 4.69) is 53.3 Å². The second-order valence-electron chi connectivity index (χ2n) is 10.6. The summed E-state index contributed by atoms with van der Waals surface area (Å²) in [6.07, 6.45) is 3.62. The Balaban J connectivity index is 1.22. The lowest BCUT2D eigenvalue weighted by Gasteiger charge is -2.45. The van der Waals surface area contributed by atoms with Crippen LogP contribution in [0, 0.1) is 5.92 Å². The fourth-order valence-electron chi connectivity index (χ4n) is 5.10. The summed E-state index contributed by atoms with van der Waals surface area (Å²) < 4.78 is 7.70. The number of pyridine rings is 1. The van der Waals surface area contributed by atoms with Gasteiger partial charge in [0.2, 0.25) is 5.91 Å². The van der Waals surface area contributed by atoms with Gasteiger partial charge in [-0.3, -0.25) is 14.5 Å². The molecule has 13 nitrogen and oxygen atoms in total. The quantitative estimate of drug-likeness (QED) is 0.229. The third kappa shape index (κ3) is 5.99. The van der Waals surface area contributed by atoms with Crippen molar-refractivity contribution in [2.24, 2.45) is 5.92 Å². The summed E-state index contributed by atoms with van der Waals surface area (Å²) in [6, 6.07) is 13.2. The molecule has 0 radical (unpaired) electrons. The fraction of sp³-hybridized carbons (Fsp3) is 0.345. The first-order chi connectivity index (χ1) is 20.8.